The highest BCUT2D eigenvalue weighted by Gasteiger charge is 1.91. The summed E-state index contributed by atoms with van der Waals surface area (Å²) in [6, 6.07) is 0. The van der Waals surface area contributed by atoms with Gasteiger partial charge in [-0.25, -0.2) is 0 Å². The second-order valence-electron chi connectivity index (χ2n) is 5.89. The van der Waals surface area contributed by atoms with E-state index in [0.717, 1.165) is 18.4 Å². The van der Waals surface area contributed by atoms with E-state index in [0.29, 0.717) is 0 Å². The van der Waals surface area contributed by atoms with Gasteiger partial charge in [0, 0.05) is 0 Å². The van der Waals surface area contributed by atoms with Crippen molar-refractivity contribution < 1.29 is 5.48 Å². The lowest BCUT2D eigenvalue weighted by molar-refractivity contribution is -0.589. The number of unbranched alkanes of at least 4 members (excludes halogenated alkanes) is 12. The Morgan fingerprint density at radius 2 is 1.10 bits per heavy atom. The number of hydrogen-bond acceptors (Lipinski definition) is 1. The van der Waals surface area contributed by atoms with Crippen molar-refractivity contribution in [2.45, 2.75) is 96.8 Å². The molecule has 0 unspecified atom stereocenters. The maximum Gasteiger partial charge on any atom is 0.0752 e. The highest BCUT2D eigenvalue weighted by molar-refractivity contribution is 4.81. The Morgan fingerprint density at radius 1 is 0.650 bits per heavy atom. The molecule has 0 aromatic carbocycles. The summed E-state index contributed by atoms with van der Waals surface area (Å²) in [5.74, 6) is 0. The molecule has 0 rings (SSSR count). The molecule has 20 heavy (non-hydrogen) atoms. The normalized spacial score (nSPS) is 11.5. The third-order valence-electron chi connectivity index (χ3n) is 3.83. The van der Waals surface area contributed by atoms with E-state index in [1.165, 1.54) is 83.5 Å². The van der Waals surface area contributed by atoms with E-state index >= 15 is 0 Å². The smallest absolute Gasteiger partial charge is 0.0752 e. The Balaban J connectivity index is 3.01. The molecule has 0 saturated carbocycles. The maximum atomic E-state index is 10.1. The minimum absolute atomic E-state index is 0.751. The van der Waals surface area contributed by atoms with Gasteiger partial charge in [-0.1, -0.05) is 70.4 Å². The van der Waals surface area contributed by atoms with Crippen molar-refractivity contribution in [3.63, 3.8) is 0 Å². The molecule has 0 aliphatic rings. The number of hydrogen-bond donors (Lipinski definition) is 1. The number of nitrogens with two attached hydrogens (primary N) is 1. The Hall–Kier alpha value is -0.340. The SMILES string of the molecule is CCCCCCCC/C=C\CCCCCCCC[NH2+][O-]. The van der Waals surface area contributed by atoms with Gasteiger partial charge in [-0.05, 0) is 38.5 Å². The first-order chi connectivity index (χ1) is 9.91. The first kappa shape index (κ1) is 19.7. The van der Waals surface area contributed by atoms with Gasteiger partial charge in [-0.3, -0.25) is 0 Å². The number of hydroxylamine groups is 1. The quantitative estimate of drug-likeness (QED) is 0.239. The van der Waals surface area contributed by atoms with Gasteiger partial charge in [0.25, 0.3) is 0 Å². The van der Waals surface area contributed by atoms with Crippen LogP contribution in [0.3, 0.4) is 0 Å². The third-order valence-corrected chi connectivity index (χ3v) is 3.83. The first-order valence-corrected chi connectivity index (χ1v) is 9.00. The molecule has 120 valence electrons. The molecule has 0 aliphatic heterocycles. The molecule has 0 fully saturated rings. The van der Waals surface area contributed by atoms with Crippen LogP contribution < -0.4 is 5.48 Å². The number of rotatable bonds is 16. The zero-order valence-corrected chi connectivity index (χ0v) is 13.7. The molecule has 2 nitrogen and oxygen atoms in total. The summed E-state index contributed by atoms with van der Waals surface area (Å²) >= 11 is 0. The zero-order valence-electron chi connectivity index (χ0n) is 13.7. The lowest BCUT2D eigenvalue weighted by atomic mass is 10.1. The summed E-state index contributed by atoms with van der Waals surface area (Å²) in [6.45, 7) is 3.02. The van der Waals surface area contributed by atoms with Gasteiger partial charge in [0.2, 0.25) is 0 Å². The molecule has 0 aromatic rings. The molecule has 2 heteroatoms. The Bertz CT molecular complexity index is 192. The summed E-state index contributed by atoms with van der Waals surface area (Å²) in [4.78, 5) is 0. The van der Waals surface area contributed by atoms with Crippen LogP contribution in [0.5, 0.6) is 0 Å². The van der Waals surface area contributed by atoms with Crippen LogP contribution in [0.25, 0.3) is 0 Å². The average molecular weight is 283 g/mol. The van der Waals surface area contributed by atoms with Gasteiger partial charge >= 0.3 is 0 Å². The molecule has 0 aliphatic carbocycles. The molecule has 2 N–H and O–H groups in total. The van der Waals surface area contributed by atoms with Crippen LogP contribution in [0.15, 0.2) is 12.2 Å². The van der Waals surface area contributed by atoms with Gasteiger partial charge in [0.15, 0.2) is 0 Å². The van der Waals surface area contributed by atoms with Crippen molar-refractivity contribution in [1.82, 2.24) is 0 Å². The molecule has 0 saturated heterocycles. The highest BCUT2D eigenvalue weighted by Crippen LogP contribution is 2.09. The predicted molar refractivity (Wildman–Crippen MR) is 89.6 cm³/mol. The Labute approximate surface area is 127 Å². The topological polar surface area (TPSA) is 39.7 Å². The first-order valence-electron chi connectivity index (χ1n) is 9.00. The van der Waals surface area contributed by atoms with Gasteiger partial charge in [0.1, 0.15) is 0 Å². The Kier molecular flexibility index (Phi) is 18.3. The molecule has 0 heterocycles. The number of quaternary nitrogens is 1. The fourth-order valence-electron chi connectivity index (χ4n) is 2.48. The van der Waals surface area contributed by atoms with E-state index < -0.39 is 0 Å². The van der Waals surface area contributed by atoms with Crippen LogP contribution in [0, 0.1) is 5.21 Å². The van der Waals surface area contributed by atoms with Crippen molar-refractivity contribution >= 4 is 0 Å². The van der Waals surface area contributed by atoms with Gasteiger partial charge in [0.05, 0.1) is 6.54 Å². The minimum atomic E-state index is 0.751. The van der Waals surface area contributed by atoms with Crippen molar-refractivity contribution in [3.05, 3.63) is 17.4 Å². The molecular weight excluding hydrogens is 246 g/mol. The summed E-state index contributed by atoms with van der Waals surface area (Å²) < 4.78 is 0. The van der Waals surface area contributed by atoms with Crippen molar-refractivity contribution in [3.8, 4) is 0 Å². The average Bonchev–Trinajstić information content (AvgIpc) is 2.47. The van der Waals surface area contributed by atoms with E-state index in [-0.39, 0.29) is 0 Å². The van der Waals surface area contributed by atoms with Gasteiger partial charge in [-0.15, -0.1) is 0 Å². The lowest BCUT2D eigenvalue weighted by Crippen LogP contribution is -2.77. The number of allylic oxidation sites excluding steroid dienone is 2. The molecule has 0 atom stereocenters. The van der Waals surface area contributed by atoms with Crippen LogP contribution in [0.1, 0.15) is 96.8 Å². The van der Waals surface area contributed by atoms with E-state index in [9.17, 15) is 5.21 Å². The lowest BCUT2D eigenvalue weighted by Gasteiger charge is -2.02. The summed E-state index contributed by atoms with van der Waals surface area (Å²) in [7, 11) is 0. The van der Waals surface area contributed by atoms with Crippen LogP contribution >= 0.6 is 0 Å². The van der Waals surface area contributed by atoms with Crippen LogP contribution in [0.2, 0.25) is 0 Å². The zero-order chi connectivity index (χ0) is 14.7. The van der Waals surface area contributed by atoms with Crippen molar-refractivity contribution in [2.75, 3.05) is 6.54 Å². The fourth-order valence-corrected chi connectivity index (χ4v) is 2.48. The van der Waals surface area contributed by atoms with Crippen molar-refractivity contribution in [1.29, 1.82) is 0 Å². The van der Waals surface area contributed by atoms with Gasteiger partial charge < -0.3 is 10.7 Å². The fraction of sp³-hybridized carbons (Fsp3) is 0.889. The molecule has 0 spiro atoms. The summed E-state index contributed by atoms with van der Waals surface area (Å²) in [5, 5.41) is 10.1. The largest absolute Gasteiger partial charge is 0.636 e. The molecule has 0 radical (unpaired) electrons. The molecular formula is C18H37NO. The second kappa shape index (κ2) is 18.7. The molecule has 0 bridgehead atoms. The van der Waals surface area contributed by atoms with Gasteiger partial charge in [-0.2, -0.15) is 0 Å². The van der Waals surface area contributed by atoms with E-state index in [1.807, 2.05) is 0 Å². The van der Waals surface area contributed by atoms with E-state index in [1.54, 1.807) is 0 Å². The Morgan fingerprint density at radius 3 is 1.60 bits per heavy atom. The minimum Gasteiger partial charge on any atom is -0.636 e. The molecule has 0 amide bonds. The van der Waals surface area contributed by atoms with Crippen LogP contribution in [-0.2, 0) is 0 Å². The summed E-state index contributed by atoms with van der Waals surface area (Å²) in [5.41, 5.74) is 1.04. The molecule has 0 aromatic heterocycles. The van der Waals surface area contributed by atoms with E-state index in [2.05, 4.69) is 19.1 Å². The predicted octanol–water partition coefficient (Wildman–Crippen LogP) is 5.09. The van der Waals surface area contributed by atoms with Crippen LogP contribution in [-0.4, -0.2) is 6.54 Å². The monoisotopic (exact) mass is 283 g/mol. The van der Waals surface area contributed by atoms with E-state index in [4.69, 9.17) is 0 Å². The third kappa shape index (κ3) is 17.7. The van der Waals surface area contributed by atoms with Crippen molar-refractivity contribution in [2.24, 2.45) is 0 Å². The second-order valence-corrected chi connectivity index (χ2v) is 5.89. The summed E-state index contributed by atoms with van der Waals surface area (Å²) in [6.07, 6.45) is 23.3. The maximum absolute atomic E-state index is 10.1. The highest BCUT2D eigenvalue weighted by atomic mass is 16.5. The van der Waals surface area contributed by atoms with Crippen LogP contribution in [0.4, 0.5) is 0 Å². The standard InChI is InChI=1S/C18H37NO/c1-2-3-4-5-6-7-8-9-10-11-12-13-14-15-16-17-18-19-20/h9-10H,2-8,11-19H2,1H3/b10-9-.